The minimum absolute atomic E-state index is 0.341. The van der Waals surface area contributed by atoms with E-state index in [2.05, 4.69) is 15.9 Å². The number of hydrogen-bond donors (Lipinski definition) is 0. The Balaban J connectivity index is 2.35. The molecular weight excluding hydrogens is 300 g/mol. The summed E-state index contributed by atoms with van der Waals surface area (Å²) in [7, 11) is 0. The zero-order chi connectivity index (χ0) is 13.0. The molecule has 0 radical (unpaired) electrons. The van der Waals surface area contributed by atoms with E-state index in [1.807, 2.05) is 12.2 Å². The van der Waals surface area contributed by atoms with E-state index in [0.717, 1.165) is 0 Å². The van der Waals surface area contributed by atoms with Crippen LogP contribution in [-0.4, -0.2) is 25.8 Å². The third-order valence-corrected chi connectivity index (χ3v) is 2.94. The van der Waals surface area contributed by atoms with Crippen molar-refractivity contribution in [1.29, 1.82) is 0 Å². The van der Waals surface area contributed by atoms with Gasteiger partial charge in [0.15, 0.2) is 11.5 Å². The summed E-state index contributed by atoms with van der Waals surface area (Å²) in [6.07, 6.45) is 3.75. The Hall–Kier alpha value is -1.49. The van der Waals surface area contributed by atoms with Crippen molar-refractivity contribution in [2.45, 2.75) is 6.92 Å². The standard InChI is InChI=1S/C13H13BrO4/c1-2-16-13(15)9-7-10(14)12-11(8-9)17-5-3-4-6-18-12/h3-4,7-8H,2,5-6H2,1H3. The Bertz CT molecular complexity index is 482. The fourth-order valence-electron chi connectivity index (χ4n) is 1.55. The van der Waals surface area contributed by atoms with Crippen LogP contribution in [0.1, 0.15) is 17.3 Å². The first-order valence-electron chi connectivity index (χ1n) is 5.63. The summed E-state index contributed by atoms with van der Waals surface area (Å²) in [5, 5.41) is 0. The van der Waals surface area contributed by atoms with Crippen molar-refractivity contribution in [2.75, 3.05) is 19.8 Å². The molecule has 0 aliphatic carbocycles. The lowest BCUT2D eigenvalue weighted by Crippen LogP contribution is -2.08. The van der Waals surface area contributed by atoms with Gasteiger partial charge in [0, 0.05) is 0 Å². The first kappa shape index (κ1) is 13.0. The lowest BCUT2D eigenvalue weighted by Gasteiger charge is -2.16. The zero-order valence-electron chi connectivity index (χ0n) is 9.94. The summed E-state index contributed by atoms with van der Waals surface area (Å²) in [6, 6.07) is 3.31. The molecule has 5 heteroatoms. The van der Waals surface area contributed by atoms with Crippen molar-refractivity contribution < 1.29 is 19.0 Å². The molecular formula is C13H13BrO4. The maximum absolute atomic E-state index is 11.7. The third kappa shape index (κ3) is 2.85. The maximum Gasteiger partial charge on any atom is 0.338 e. The van der Waals surface area contributed by atoms with E-state index in [4.69, 9.17) is 14.2 Å². The number of ether oxygens (including phenoxy) is 3. The molecule has 2 rings (SSSR count). The monoisotopic (exact) mass is 312 g/mol. The molecule has 0 atom stereocenters. The second kappa shape index (κ2) is 5.91. The largest absolute Gasteiger partial charge is 0.486 e. The van der Waals surface area contributed by atoms with Gasteiger partial charge in [-0.1, -0.05) is 0 Å². The molecule has 18 heavy (non-hydrogen) atoms. The molecule has 0 spiro atoms. The number of carbonyl (C=O) groups is 1. The summed E-state index contributed by atoms with van der Waals surface area (Å²) in [5.41, 5.74) is 0.440. The van der Waals surface area contributed by atoms with Gasteiger partial charge in [-0.2, -0.15) is 0 Å². The highest BCUT2D eigenvalue weighted by atomic mass is 79.9. The van der Waals surface area contributed by atoms with Gasteiger partial charge in [-0.05, 0) is 47.1 Å². The molecule has 0 bridgehead atoms. The Morgan fingerprint density at radius 1 is 1.33 bits per heavy atom. The topological polar surface area (TPSA) is 44.8 Å². The molecule has 0 saturated carbocycles. The van der Waals surface area contributed by atoms with Crippen LogP contribution in [0.25, 0.3) is 0 Å². The van der Waals surface area contributed by atoms with Crippen molar-refractivity contribution in [3.63, 3.8) is 0 Å². The Labute approximate surface area is 114 Å². The SMILES string of the molecule is CCOC(=O)c1cc(Br)c2c(c1)OCC=CCO2. The van der Waals surface area contributed by atoms with Crippen LogP contribution in [-0.2, 0) is 4.74 Å². The second-order valence-corrected chi connectivity index (χ2v) is 4.45. The molecule has 0 fully saturated rings. The molecule has 0 saturated heterocycles. The van der Waals surface area contributed by atoms with Crippen LogP contribution < -0.4 is 9.47 Å². The average Bonchev–Trinajstić information content (AvgIpc) is 2.30. The summed E-state index contributed by atoms with van der Waals surface area (Å²) < 4.78 is 16.7. The second-order valence-electron chi connectivity index (χ2n) is 3.60. The van der Waals surface area contributed by atoms with E-state index < -0.39 is 0 Å². The molecule has 1 aliphatic rings. The van der Waals surface area contributed by atoms with Crippen LogP contribution in [0, 0.1) is 0 Å². The summed E-state index contributed by atoms with van der Waals surface area (Å²) in [4.78, 5) is 11.7. The molecule has 0 amide bonds. The van der Waals surface area contributed by atoms with Crippen LogP contribution >= 0.6 is 15.9 Å². The minimum Gasteiger partial charge on any atom is -0.486 e. The van der Waals surface area contributed by atoms with Crippen molar-refractivity contribution in [2.24, 2.45) is 0 Å². The first-order chi connectivity index (χ1) is 8.72. The Kier molecular flexibility index (Phi) is 4.25. The van der Waals surface area contributed by atoms with Crippen molar-refractivity contribution in [3.05, 3.63) is 34.3 Å². The van der Waals surface area contributed by atoms with Crippen LogP contribution in [0.15, 0.2) is 28.8 Å². The normalized spacial score (nSPS) is 13.7. The van der Waals surface area contributed by atoms with Crippen LogP contribution in [0.4, 0.5) is 0 Å². The molecule has 0 unspecified atom stereocenters. The number of esters is 1. The van der Waals surface area contributed by atoms with Gasteiger partial charge >= 0.3 is 5.97 Å². The van der Waals surface area contributed by atoms with Gasteiger partial charge in [0.25, 0.3) is 0 Å². The van der Waals surface area contributed by atoms with Crippen LogP contribution in [0.2, 0.25) is 0 Å². The number of fused-ring (bicyclic) bond motifs is 1. The first-order valence-corrected chi connectivity index (χ1v) is 6.43. The maximum atomic E-state index is 11.7. The van der Waals surface area contributed by atoms with E-state index in [1.54, 1.807) is 19.1 Å². The van der Waals surface area contributed by atoms with Crippen molar-refractivity contribution >= 4 is 21.9 Å². The van der Waals surface area contributed by atoms with Crippen LogP contribution in [0.5, 0.6) is 11.5 Å². The highest BCUT2D eigenvalue weighted by Crippen LogP contribution is 2.37. The molecule has 1 aliphatic heterocycles. The number of carbonyl (C=O) groups excluding carboxylic acids is 1. The predicted octanol–water partition coefficient (Wildman–Crippen LogP) is 2.95. The van der Waals surface area contributed by atoms with E-state index in [9.17, 15) is 4.79 Å². The summed E-state index contributed by atoms with van der Waals surface area (Å²) >= 11 is 3.38. The van der Waals surface area contributed by atoms with Crippen molar-refractivity contribution in [3.8, 4) is 11.5 Å². The molecule has 1 heterocycles. The van der Waals surface area contributed by atoms with E-state index in [-0.39, 0.29) is 5.97 Å². The number of benzene rings is 1. The molecule has 4 nitrogen and oxygen atoms in total. The van der Waals surface area contributed by atoms with Gasteiger partial charge in [-0.25, -0.2) is 4.79 Å². The van der Waals surface area contributed by atoms with Gasteiger partial charge in [0.1, 0.15) is 13.2 Å². The smallest absolute Gasteiger partial charge is 0.338 e. The summed E-state index contributed by atoms with van der Waals surface area (Å²) in [5.74, 6) is 0.770. The van der Waals surface area contributed by atoms with Gasteiger partial charge in [-0.3, -0.25) is 0 Å². The highest BCUT2D eigenvalue weighted by molar-refractivity contribution is 9.10. The number of rotatable bonds is 2. The quantitative estimate of drug-likeness (QED) is 0.622. The van der Waals surface area contributed by atoms with Gasteiger partial charge in [0.2, 0.25) is 0 Å². The fraction of sp³-hybridized carbons (Fsp3) is 0.308. The lowest BCUT2D eigenvalue weighted by atomic mass is 10.2. The molecule has 1 aromatic carbocycles. The molecule has 0 N–H and O–H groups in total. The van der Waals surface area contributed by atoms with E-state index in [0.29, 0.717) is 41.4 Å². The van der Waals surface area contributed by atoms with Crippen LogP contribution in [0.3, 0.4) is 0 Å². The zero-order valence-corrected chi connectivity index (χ0v) is 11.5. The minimum atomic E-state index is -0.373. The third-order valence-electron chi connectivity index (χ3n) is 2.35. The highest BCUT2D eigenvalue weighted by Gasteiger charge is 2.17. The predicted molar refractivity (Wildman–Crippen MR) is 70.2 cm³/mol. The van der Waals surface area contributed by atoms with Crippen molar-refractivity contribution in [1.82, 2.24) is 0 Å². The van der Waals surface area contributed by atoms with Gasteiger partial charge in [-0.15, -0.1) is 0 Å². The number of hydrogen-bond acceptors (Lipinski definition) is 4. The molecule has 1 aromatic rings. The lowest BCUT2D eigenvalue weighted by molar-refractivity contribution is 0.0525. The average molecular weight is 313 g/mol. The van der Waals surface area contributed by atoms with Gasteiger partial charge in [0.05, 0.1) is 16.6 Å². The van der Waals surface area contributed by atoms with Gasteiger partial charge < -0.3 is 14.2 Å². The Morgan fingerprint density at radius 3 is 2.78 bits per heavy atom. The molecule has 96 valence electrons. The Morgan fingerprint density at radius 2 is 2.06 bits per heavy atom. The van der Waals surface area contributed by atoms with E-state index >= 15 is 0 Å². The number of halogens is 1. The summed E-state index contributed by atoms with van der Waals surface area (Å²) in [6.45, 7) is 3.04. The molecule has 0 aromatic heterocycles. The van der Waals surface area contributed by atoms with E-state index in [1.165, 1.54) is 0 Å². The fourth-order valence-corrected chi connectivity index (χ4v) is 2.11.